The van der Waals surface area contributed by atoms with Gasteiger partial charge in [0.1, 0.15) is 12.4 Å². The number of ether oxygens (including phenoxy) is 2. The Morgan fingerprint density at radius 3 is 3.10 bits per heavy atom. The minimum atomic E-state index is 0.189. The fourth-order valence-electron chi connectivity index (χ4n) is 2.13. The van der Waals surface area contributed by atoms with Crippen molar-refractivity contribution in [3.8, 4) is 5.75 Å². The molecule has 1 aromatic heterocycles. The first-order chi connectivity index (χ1) is 9.81. The molecular weight excluding hydrogens is 276 g/mol. The molecule has 0 amide bonds. The Morgan fingerprint density at radius 2 is 2.30 bits per heavy atom. The van der Waals surface area contributed by atoms with Crippen LogP contribution in [0.15, 0.2) is 29.4 Å². The van der Waals surface area contributed by atoms with Crippen LogP contribution < -0.4 is 10.2 Å². The van der Waals surface area contributed by atoms with E-state index in [4.69, 9.17) is 9.47 Å². The maximum Gasteiger partial charge on any atom is 0.210 e. The maximum absolute atomic E-state index is 5.28. The molecule has 1 unspecified atom stereocenters. The van der Waals surface area contributed by atoms with E-state index in [1.807, 2.05) is 22.9 Å². The summed E-state index contributed by atoms with van der Waals surface area (Å²) in [6.45, 7) is 0.436. The molecule has 0 aliphatic carbocycles. The van der Waals surface area contributed by atoms with Gasteiger partial charge in [-0.2, -0.15) is 0 Å². The number of benzene rings is 1. The second-order valence-corrected chi connectivity index (χ2v) is 5.42. The molecule has 0 fully saturated rings. The van der Waals surface area contributed by atoms with Gasteiger partial charge in [-0.05, 0) is 17.7 Å². The van der Waals surface area contributed by atoms with E-state index >= 15 is 0 Å². The average Bonchev–Trinajstić information content (AvgIpc) is 2.90. The van der Waals surface area contributed by atoms with Crippen LogP contribution in [0.3, 0.4) is 0 Å². The highest BCUT2D eigenvalue weighted by Crippen LogP contribution is 2.31. The minimum Gasteiger partial charge on any atom is -0.497 e. The molecule has 7 heteroatoms. The Kier molecular flexibility index (Phi) is 3.79. The van der Waals surface area contributed by atoms with Crippen LogP contribution in [0.4, 0.5) is 0 Å². The van der Waals surface area contributed by atoms with Crippen molar-refractivity contribution in [3.05, 3.63) is 35.7 Å². The zero-order valence-electron chi connectivity index (χ0n) is 11.4. The van der Waals surface area contributed by atoms with E-state index in [-0.39, 0.29) is 6.04 Å². The van der Waals surface area contributed by atoms with Crippen LogP contribution in [0.1, 0.15) is 17.4 Å². The quantitative estimate of drug-likeness (QED) is 0.927. The first-order valence-electron chi connectivity index (χ1n) is 6.28. The third-order valence-electron chi connectivity index (χ3n) is 3.13. The van der Waals surface area contributed by atoms with Crippen LogP contribution >= 0.6 is 11.8 Å². The van der Waals surface area contributed by atoms with Gasteiger partial charge < -0.3 is 14.9 Å². The van der Waals surface area contributed by atoms with Crippen LogP contribution in [0.25, 0.3) is 0 Å². The number of thioether (sulfide) groups is 1. The Bertz CT molecular complexity index is 602. The molecule has 3 rings (SSSR count). The zero-order chi connectivity index (χ0) is 13.9. The van der Waals surface area contributed by atoms with Crippen molar-refractivity contribution in [2.24, 2.45) is 0 Å². The van der Waals surface area contributed by atoms with Crippen LogP contribution in [0.5, 0.6) is 5.75 Å². The van der Waals surface area contributed by atoms with Crippen molar-refractivity contribution < 1.29 is 9.47 Å². The Labute approximate surface area is 121 Å². The summed E-state index contributed by atoms with van der Waals surface area (Å²) < 4.78 is 12.3. The molecule has 2 heterocycles. The maximum atomic E-state index is 5.28. The third kappa shape index (κ3) is 2.46. The second kappa shape index (κ2) is 5.72. The van der Waals surface area contributed by atoms with Crippen molar-refractivity contribution in [2.45, 2.75) is 17.8 Å². The van der Waals surface area contributed by atoms with Gasteiger partial charge in [0.25, 0.3) is 0 Å². The van der Waals surface area contributed by atoms with Crippen LogP contribution in [0.2, 0.25) is 0 Å². The highest BCUT2D eigenvalue weighted by atomic mass is 32.2. The smallest absolute Gasteiger partial charge is 0.210 e. The Hall–Kier alpha value is -1.73. The third-order valence-corrected chi connectivity index (χ3v) is 4.16. The second-order valence-electron chi connectivity index (χ2n) is 4.44. The van der Waals surface area contributed by atoms with Crippen molar-refractivity contribution in [3.63, 3.8) is 0 Å². The first kappa shape index (κ1) is 13.3. The number of methoxy groups -OCH3 is 2. The van der Waals surface area contributed by atoms with Gasteiger partial charge in [-0.1, -0.05) is 23.9 Å². The molecular formula is C13H16N4O2S. The number of hydrogen-bond acceptors (Lipinski definition) is 6. The predicted octanol–water partition coefficient (Wildman–Crippen LogP) is 1.82. The molecule has 106 valence electrons. The first-order valence-corrected chi connectivity index (χ1v) is 7.27. The van der Waals surface area contributed by atoms with E-state index in [1.165, 1.54) is 5.56 Å². The molecule has 2 aromatic rings. The van der Waals surface area contributed by atoms with Gasteiger partial charge in [0, 0.05) is 12.9 Å². The molecule has 20 heavy (non-hydrogen) atoms. The van der Waals surface area contributed by atoms with E-state index in [0.717, 1.165) is 22.5 Å². The lowest BCUT2D eigenvalue weighted by molar-refractivity contribution is 0.174. The van der Waals surface area contributed by atoms with E-state index in [0.29, 0.717) is 6.61 Å². The molecule has 1 aliphatic rings. The molecule has 0 spiro atoms. The Balaban J connectivity index is 1.85. The fourth-order valence-corrected chi connectivity index (χ4v) is 3.09. The molecule has 1 aromatic carbocycles. The molecule has 0 saturated heterocycles. The SMILES string of the molecule is COCc1nnc2n1NC(c1cccc(OC)c1)CS2. The summed E-state index contributed by atoms with van der Waals surface area (Å²) >= 11 is 1.68. The van der Waals surface area contributed by atoms with Crippen molar-refractivity contribution >= 4 is 11.8 Å². The van der Waals surface area contributed by atoms with Crippen molar-refractivity contribution in [2.75, 3.05) is 25.4 Å². The van der Waals surface area contributed by atoms with Gasteiger partial charge in [-0.25, -0.2) is 4.68 Å². The number of aromatic nitrogens is 3. The lowest BCUT2D eigenvalue weighted by atomic mass is 10.1. The van der Waals surface area contributed by atoms with E-state index < -0.39 is 0 Å². The van der Waals surface area contributed by atoms with E-state index in [2.05, 4.69) is 21.7 Å². The fraction of sp³-hybridized carbons (Fsp3) is 0.385. The number of fused-ring (bicyclic) bond motifs is 1. The largest absolute Gasteiger partial charge is 0.497 e. The molecule has 1 N–H and O–H groups in total. The standard InChI is InChI=1S/C13H16N4O2S/c1-18-7-12-14-15-13-17(12)16-11(8-20-13)9-4-3-5-10(6-9)19-2/h3-6,11,16H,7-8H2,1-2H3. The lowest BCUT2D eigenvalue weighted by Gasteiger charge is -2.26. The minimum absolute atomic E-state index is 0.189. The number of rotatable bonds is 4. The van der Waals surface area contributed by atoms with Crippen molar-refractivity contribution in [1.82, 2.24) is 14.9 Å². The summed E-state index contributed by atoms with van der Waals surface area (Å²) in [7, 11) is 3.33. The Morgan fingerprint density at radius 1 is 1.40 bits per heavy atom. The van der Waals surface area contributed by atoms with E-state index in [9.17, 15) is 0 Å². The van der Waals surface area contributed by atoms with Gasteiger partial charge in [0.2, 0.25) is 5.16 Å². The van der Waals surface area contributed by atoms with Crippen LogP contribution in [-0.4, -0.2) is 34.8 Å². The lowest BCUT2D eigenvalue weighted by Crippen LogP contribution is -2.29. The zero-order valence-corrected chi connectivity index (χ0v) is 12.2. The summed E-state index contributed by atoms with van der Waals surface area (Å²) in [5.41, 5.74) is 4.61. The number of nitrogens with zero attached hydrogens (tertiary/aromatic N) is 3. The summed E-state index contributed by atoms with van der Waals surface area (Å²) in [5.74, 6) is 2.54. The van der Waals surface area contributed by atoms with Crippen LogP contribution in [0, 0.1) is 0 Å². The van der Waals surface area contributed by atoms with Gasteiger partial charge >= 0.3 is 0 Å². The van der Waals surface area contributed by atoms with E-state index in [1.54, 1.807) is 26.0 Å². The molecule has 1 atom stereocenters. The predicted molar refractivity (Wildman–Crippen MR) is 76.6 cm³/mol. The monoisotopic (exact) mass is 292 g/mol. The van der Waals surface area contributed by atoms with Crippen molar-refractivity contribution in [1.29, 1.82) is 0 Å². The van der Waals surface area contributed by atoms with Gasteiger partial charge in [-0.3, -0.25) is 0 Å². The summed E-state index contributed by atoms with van der Waals surface area (Å²) in [6, 6.07) is 8.27. The number of nitrogens with one attached hydrogen (secondary N) is 1. The molecule has 0 bridgehead atoms. The highest BCUT2D eigenvalue weighted by Gasteiger charge is 2.24. The summed E-state index contributed by atoms with van der Waals surface area (Å²) in [4.78, 5) is 0. The molecule has 6 nitrogen and oxygen atoms in total. The summed E-state index contributed by atoms with van der Waals surface area (Å²) in [5, 5.41) is 9.15. The van der Waals surface area contributed by atoms with Gasteiger partial charge in [0.05, 0.1) is 13.2 Å². The van der Waals surface area contributed by atoms with Crippen LogP contribution in [-0.2, 0) is 11.3 Å². The molecule has 1 aliphatic heterocycles. The number of hydrogen-bond donors (Lipinski definition) is 1. The van der Waals surface area contributed by atoms with Gasteiger partial charge in [-0.15, -0.1) is 10.2 Å². The normalized spacial score (nSPS) is 17.4. The van der Waals surface area contributed by atoms with Gasteiger partial charge in [0.15, 0.2) is 5.82 Å². The highest BCUT2D eigenvalue weighted by molar-refractivity contribution is 7.99. The average molecular weight is 292 g/mol. The topological polar surface area (TPSA) is 61.2 Å². The molecule has 0 radical (unpaired) electrons. The molecule has 0 saturated carbocycles. The summed E-state index contributed by atoms with van der Waals surface area (Å²) in [6.07, 6.45) is 0.